The Bertz CT molecular complexity index is 2410. The Kier molecular flexibility index (Phi) is 42.7. The summed E-state index contributed by atoms with van der Waals surface area (Å²) in [6.07, 6.45) is 4.67. The average molecular weight is 1390 g/mol. The molecular weight excluding hydrogens is 1300 g/mol. The van der Waals surface area contributed by atoms with E-state index in [1.165, 1.54) is 30.9 Å². The van der Waals surface area contributed by atoms with Gasteiger partial charge in [0.1, 0.15) is 11.9 Å². The zero-order valence-corrected chi connectivity index (χ0v) is 51.2. The number of ketones is 1. The molecule has 9 N–H and O–H groups in total. The van der Waals surface area contributed by atoms with Gasteiger partial charge in [0.15, 0.2) is 5.78 Å². The first kappa shape index (κ1) is 78.6. The molecule has 0 bridgehead atoms. The Morgan fingerprint density at radius 1 is 0.674 bits per heavy atom. The molecule has 0 saturated carbocycles. The van der Waals surface area contributed by atoms with Gasteiger partial charge in [0.05, 0.1) is 12.6 Å². The number of hydrogen-bond acceptors (Lipinski definition) is 17. The maximum atomic E-state index is 13.9. The summed E-state index contributed by atoms with van der Waals surface area (Å²) in [4.78, 5) is 129. The van der Waals surface area contributed by atoms with Crippen molar-refractivity contribution >= 4 is 70.7 Å². The molecule has 1 fully saturated rings. The van der Waals surface area contributed by atoms with E-state index in [9.17, 15) is 58.1 Å². The number of hydrogen-bond donors (Lipinski definition) is 9. The molecule has 1 aliphatic rings. The van der Waals surface area contributed by atoms with Gasteiger partial charge in [-0.25, -0.2) is 14.0 Å². The molecule has 1 radical (unpaired) electrons. The molecule has 4 amide bonds. The summed E-state index contributed by atoms with van der Waals surface area (Å²) in [5, 5.41) is 56.9. The molecule has 0 aromatic heterocycles. The van der Waals surface area contributed by atoms with Crippen LogP contribution >= 0.6 is 12.2 Å². The van der Waals surface area contributed by atoms with Crippen molar-refractivity contribution in [3.8, 4) is 0 Å². The number of rotatable bonds is 39. The van der Waals surface area contributed by atoms with Crippen LogP contribution in [-0.4, -0.2) is 207 Å². The number of aliphatic carboxylic acids is 4. The maximum absolute atomic E-state index is 13.9. The smallest absolute Gasteiger partial charge is 0.373 e. The van der Waals surface area contributed by atoms with Crippen LogP contribution in [0.5, 0.6) is 0 Å². The second-order valence-electron chi connectivity index (χ2n) is 20.8. The first-order chi connectivity index (χ1) is 40.7. The number of thiocarbonyl (C=S) groups is 1. The Labute approximate surface area is 537 Å². The number of halogens is 1. The number of amides is 4. The average Bonchev–Trinajstić information content (AvgIpc) is 3.41. The molecule has 1 saturated heterocycles. The standard InChI is InChI=1S/C58H86FN8O14S.CO2.Lu/c1-3-64-28-30-65(4-2)40-47(67(41-55(74)75)33-32-66(31-29-64)34-35-81-80)36-42-16-18-43(19-17-42)37-48(82)12-7-5-6-8-14-52(69)62-50(38-44-20-23-46(59)24-21-44)51(68)39-45(22-25-54(72)73)56(76)60-26-10-9-13-49(57(77)78)63-58(79)61-27-11-15-53(70)71;2-1-3;/h16-21,23-24,35,45,47,49-50,80H,1-15,22,25-34,36-41H2,(H,60,76)(H,62,69)(H,70,71)(H,72,73)(H,74,75)(H,77,78)(H2,61,63,79);;/q-3;;/t45-,47?,49+,50+;;/m1../s1. The molecule has 1 heterocycles. The first-order valence-corrected chi connectivity index (χ1v) is 29.1. The van der Waals surface area contributed by atoms with E-state index in [0.717, 1.165) is 48.5 Å². The Morgan fingerprint density at radius 2 is 1.26 bits per heavy atom. The normalized spacial score (nSPS) is 15.5. The number of carbonyl (C=O) groups is 8. The van der Waals surface area contributed by atoms with Crippen LogP contribution in [0.3, 0.4) is 0 Å². The summed E-state index contributed by atoms with van der Waals surface area (Å²) >= 11 is 5.79. The van der Waals surface area contributed by atoms with Gasteiger partial charge in [-0.1, -0.05) is 61.5 Å². The van der Waals surface area contributed by atoms with E-state index in [1.54, 1.807) is 0 Å². The minimum absolute atomic E-state index is 0. The van der Waals surface area contributed by atoms with Crippen molar-refractivity contribution in [1.82, 2.24) is 40.9 Å². The van der Waals surface area contributed by atoms with Crippen LogP contribution in [0.25, 0.3) is 0 Å². The quantitative estimate of drug-likeness (QED) is 0.0150. The molecule has 24 nitrogen and oxygen atoms in total. The van der Waals surface area contributed by atoms with E-state index in [4.69, 9.17) is 32.2 Å². The van der Waals surface area contributed by atoms with Gasteiger partial charge in [-0.15, -0.1) is 19.6 Å². The van der Waals surface area contributed by atoms with Gasteiger partial charge in [-0.05, 0) is 97.9 Å². The minimum Gasteiger partial charge on any atom is -0.481 e. The van der Waals surface area contributed by atoms with Crippen molar-refractivity contribution in [3.05, 3.63) is 91.5 Å². The largest absolute Gasteiger partial charge is 0.481 e. The minimum atomic E-state index is -1.29. The fourth-order valence-corrected chi connectivity index (χ4v) is 9.84. The van der Waals surface area contributed by atoms with E-state index in [0.29, 0.717) is 83.5 Å². The van der Waals surface area contributed by atoms with Gasteiger partial charge in [0, 0.05) is 140 Å². The van der Waals surface area contributed by atoms with E-state index in [1.807, 2.05) is 4.90 Å². The van der Waals surface area contributed by atoms with Crippen molar-refractivity contribution in [1.29, 1.82) is 0 Å². The second kappa shape index (κ2) is 46.7. The number of unbranched alkanes of at least 4 members (excludes halogenated alkanes) is 4. The third-order valence-corrected chi connectivity index (χ3v) is 14.7. The van der Waals surface area contributed by atoms with Crippen molar-refractivity contribution in [2.75, 3.05) is 85.1 Å². The number of carboxylic acid groups (broad SMARTS) is 4. The number of Topliss-reactive ketones (excluding diaryl/α,β-unsaturated/α-hetero) is 1. The Hall–Kier alpha value is -5.41. The maximum Gasteiger partial charge on any atom is 0.373 e. The summed E-state index contributed by atoms with van der Waals surface area (Å²) in [5.74, 6) is -7.49. The molecule has 2 aromatic rings. The molecule has 1 unspecified atom stereocenters. The molecule has 0 aliphatic carbocycles. The van der Waals surface area contributed by atoms with E-state index in [-0.39, 0.29) is 120 Å². The van der Waals surface area contributed by atoms with Crippen LogP contribution in [0, 0.1) is 69.1 Å². The number of carboxylic acids is 4. The van der Waals surface area contributed by atoms with Crippen LogP contribution in [-0.2, 0) is 67.3 Å². The summed E-state index contributed by atoms with van der Waals surface area (Å²) < 4.78 is 13.8. The van der Waals surface area contributed by atoms with Gasteiger partial charge in [-0.2, -0.15) is 16.2 Å². The zero-order chi connectivity index (χ0) is 62.9. The third kappa shape index (κ3) is 36.0. The number of nitrogens with zero attached hydrogens (tertiary/aromatic N) is 4. The molecule has 86 heavy (non-hydrogen) atoms. The van der Waals surface area contributed by atoms with Gasteiger partial charge in [0.25, 0.3) is 0 Å². The number of carbonyl (C=O) groups excluding carboxylic acids is 6. The topological polar surface area (TPSA) is 342 Å². The Morgan fingerprint density at radius 3 is 1.86 bits per heavy atom. The summed E-state index contributed by atoms with van der Waals surface area (Å²) in [5.41, 5.74) is 2.67. The number of nitrogens with one attached hydrogen (secondary N) is 4. The molecular formula is C59H86FLuN8O16S-3. The van der Waals surface area contributed by atoms with Gasteiger partial charge in [-0.3, -0.25) is 38.9 Å². The van der Waals surface area contributed by atoms with Crippen LogP contribution in [0.1, 0.15) is 107 Å². The SMILES string of the molecule is O=C=O.[CH2-]CN1CCN(C[CH-]OO)CCN(CC(=O)O)C(Cc2ccc(CC(=S)CCCCCCC(=O)N[C@@H](Cc3ccc(F)cc3)C(=O)C[C@@H](CCC(=O)O)C(=O)NCCCC[C@H](NC(=O)NCCCC(=O)O)C(=O)O)cc2)CN(C[CH2-])CC1.[Lu]. The van der Waals surface area contributed by atoms with Gasteiger partial charge in [0.2, 0.25) is 11.8 Å². The van der Waals surface area contributed by atoms with Crippen molar-refractivity contribution < 1.29 is 120 Å². The zero-order valence-electron chi connectivity index (χ0n) is 48.7. The van der Waals surface area contributed by atoms with E-state index in [2.05, 4.69) is 79.0 Å². The number of urea groups is 1. The van der Waals surface area contributed by atoms with Crippen molar-refractivity contribution in [3.63, 3.8) is 0 Å². The number of benzene rings is 2. The fourth-order valence-electron chi connectivity index (χ4n) is 9.53. The predicted octanol–water partition coefficient (Wildman–Crippen LogP) is 4.10. The molecule has 3 rings (SSSR count). The molecule has 27 heteroatoms. The molecule has 4 atom stereocenters. The van der Waals surface area contributed by atoms with Crippen LogP contribution < -0.4 is 21.3 Å². The van der Waals surface area contributed by atoms with E-state index >= 15 is 0 Å². The molecule has 0 spiro atoms. The summed E-state index contributed by atoms with van der Waals surface area (Å²) in [7, 11) is 0. The van der Waals surface area contributed by atoms with Crippen molar-refractivity contribution in [2.24, 2.45) is 5.92 Å². The summed E-state index contributed by atoms with van der Waals surface area (Å²) in [6, 6.07) is 10.4. The van der Waals surface area contributed by atoms with Crippen LogP contribution in [0.15, 0.2) is 48.5 Å². The monoisotopic (exact) mass is 1390 g/mol. The van der Waals surface area contributed by atoms with Crippen LogP contribution in [0.2, 0.25) is 0 Å². The first-order valence-electron chi connectivity index (χ1n) is 28.7. The molecule has 1 aliphatic heterocycles. The van der Waals surface area contributed by atoms with Gasteiger partial charge >= 0.3 is 36.1 Å². The molecule has 2 aromatic carbocycles. The van der Waals surface area contributed by atoms with E-state index < -0.39 is 84.2 Å². The third-order valence-electron chi connectivity index (χ3n) is 14.3. The van der Waals surface area contributed by atoms with Gasteiger partial charge < -0.3 is 75.1 Å². The Balaban J connectivity index is 0.00000904. The second-order valence-corrected chi connectivity index (χ2v) is 21.4. The van der Waals surface area contributed by atoms with Crippen molar-refractivity contribution in [2.45, 2.75) is 127 Å². The predicted molar refractivity (Wildman–Crippen MR) is 314 cm³/mol. The summed E-state index contributed by atoms with van der Waals surface area (Å²) in [6.45, 7) is 15.8. The van der Waals surface area contributed by atoms with Crippen LogP contribution in [0.4, 0.5) is 9.18 Å². The fraction of sp³-hybridized carbons (Fsp3) is 0.576. The molecule has 489 valence electrons.